The molecule has 1 N–H and O–H groups in total. The van der Waals surface area contributed by atoms with Crippen LogP contribution in [0, 0.1) is 6.92 Å². The van der Waals surface area contributed by atoms with Gasteiger partial charge in [-0.1, -0.05) is 6.07 Å². The first kappa shape index (κ1) is 16.1. The molecule has 3 nitrogen and oxygen atoms in total. The third-order valence-corrected chi connectivity index (χ3v) is 3.85. The summed E-state index contributed by atoms with van der Waals surface area (Å²) in [7, 11) is 1.55. The number of methoxy groups -OCH3 is 1. The summed E-state index contributed by atoms with van der Waals surface area (Å²) in [6, 6.07) is 4.65. The Hall–Kier alpha value is -1.27. The van der Waals surface area contributed by atoms with Gasteiger partial charge in [-0.05, 0) is 30.2 Å². The van der Waals surface area contributed by atoms with Crippen LogP contribution >= 0.6 is 0 Å². The highest BCUT2D eigenvalue weighted by atomic mass is 19.4. The van der Waals surface area contributed by atoms with Crippen LogP contribution in [-0.4, -0.2) is 44.4 Å². The van der Waals surface area contributed by atoms with E-state index in [1.165, 1.54) is 0 Å². The van der Waals surface area contributed by atoms with Gasteiger partial charge in [0.2, 0.25) is 0 Å². The van der Waals surface area contributed by atoms with Crippen molar-refractivity contribution in [2.45, 2.75) is 25.6 Å². The van der Waals surface area contributed by atoms with Crippen molar-refractivity contribution in [2.24, 2.45) is 0 Å². The van der Waals surface area contributed by atoms with Gasteiger partial charge in [0, 0.05) is 32.2 Å². The van der Waals surface area contributed by atoms with E-state index in [2.05, 4.69) is 5.32 Å². The molecule has 2 rings (SSSR count). The predicted molar refractivity (Wildman–Crippen MR) is 75.6 cm³/mol. The zero-order valence-corrected chi connectivity index (χ0v) is 12.3. The molecule has 0 aromatic heterocycles. The van der Waals surface area contributed by atoms with Crippen LogP contribution in [0.2, 0.25) is 0 Å². The summed E-state index contributed by atoms with van der Waals surface area (Å²) in [5.41, 5.74) is 1.57. The SMILES string of the molecule is COc1ccc([C@H](CC(F)(F)F)N2CCNCC2)c(C)c1. The molecule has 1 aliphatic rings. The predicted octanol–water partition coefficient (Wildman–Crippen LogP) is 2.90. The van der Waals surface area contributed by atoms with Gasteiger partial charge in [-0.15, -0.1) is 0 Å². The molecule has 1 atom stereocenters. The van der Waals surface area contributed by atoms with Crippen LogP contribution in [0.3, 0.4) is 0 Å². The summed E-state index contributed by atoms with van der Waals surface area (Å²) in [6.45, 7) is 4.55. The average Bonchev–Trinajstić information content (AvgIpc) is 2.45. The first-order valence-electron chi connectivity index (χ1n) is 7.07. The number of piperazine rings is 1. The minimum absolute atomic E-state index is 0.627. The Morgan fingerprint density at radius 3 is 2.48 bits per heavy atom. The smallest absolute Gasteiger partial charge is 0.390 e. The Bertz CT molecular complexity index is 470. The molecule has 0 aliphatic carbocycles. The summed E-state index contributed by atoms with van der Waals surface area (Å²) in [5, 5.41) is 3.17. The van der Waals surface area contributed by atoms with E-state index in [4.69, 9.17) is 4.74 Å². The van der Waals surface area contributed by atoms with Crippen LogP contribution in [0.25, 0.3) is 0 Å². The number of ether oxygens (including phenoxy) is 1. The van der Waals surface area contributed by atoms with Crippen molar-refractivity contribution < 1.29 is 17.9 Å². The molecule has 1 aromatic rings. The fourth-order valence-electron chi connectivity index (χ4n) is 2.80. The van der Waals surface area contributed by atoms with Gasteiger partial charge in [0.25, 0.3) is 0 Å². The lowest BCUT2D eigenvalue weighted by atomic mass is 9.96. The van der Waals surface area contributed by atoms with Gasteiger partial charge in [0.1, 0.15) is 5.75 Å². The summed E-state index contributed by atoms with van der Waals surface area (Å²) in [4.78, 5) is 1.92. The van der Waals surface area contributed by atoms with Crippen LogP contribution in [0.15, 0.2) is 18.2 Å². The summed E-state index contributed by atoms with van der Waals surface area (Å²) in [6.07, 6.45) is -5.00. The lowest BCUT2D eigenvalue weighted by Gasteiger charge is -2.36. The fourth-order valence-corrected chi connectivity index (χ4v) is 2.80. The van der Waals surface area contributed by atoms with E-state index in [-0.39, 0.29) is 0 Å². The Balaban J connectivity index is 2.29. The van der Waals surface area contributed by atoms with E-state index in [1.807, 2.05) is 11.8 Å². The van der Waals surface area contributed by atoms with Crippen molar-refractivity contribution in [3.63, 3.8) is 0 Å². The van der Waals surface area contributed by atoms with Crippen molar-refractivity contribution in [1.82, 2.24) is 10.2 Å². The third-order valence-electron chi connectivity index (χ3n) is 3.85. The largest absolute Gasteiger partial charge is 0.497 e. The molecule has 21 heavy (non-hydrogen) atoms. The number of alkyl halides is 3. The van der Waals surface area contributed by atoms with Gasteiger partial charge in [-0.25, -0.2) is 0 Å². The van der Waals surface area contributed by atoms with Crippen molar-refractivity contribution in [3.8, 4) is 5.75 Å². The number of nitrogens with one attached hydrogen (secondary N) is 1. The lowest BCUT2D eigenvalue weighted by molar-refractivity contribution is -0.148. The van der Waals surface area contributed by atoms with E-state index >= 15 is 0 Å². The van der Waals surface area contributed by atoms with E-state index in [9.17, 15) is 13.2 Å². The number of halogens is 3. The molecule has 0 spiro atoms. The van der Waals surface area contributed by atoms with Crippen molar-refractivity contribution in [2.75, 3.05) is 33.3 Å². The van der Waals surface area contributed by atoms with Gasteiger partial charge in [0.05, 0.1) is 13.5 Å². The Morgan fingerprint density at radius 2 is 1.95 bits per heavy atom. The van der Waals surface area contributed by atoms with Gasteiger partial charge in [-0.3, -0.25) is 4.90 Å². The number of rotatable bonds is 4. The maximum absolute atomic E-state index is 13.0. The van der Waals surface area contributed by atoms with Gasteiger partial charge in [0.15, 0.2) is 0 Å². The standard InChI is InChI=1S/C15H21F3N2O/c1-11-9-12(21-2)3-4-13(11)14(10-15(16,17)18)20-7-5-19-6-8-20/h3-4,9,14,19H,5-8,10H2,1-2H3/t14-/m0/s1. The minimum atomic E-state index is -4.18. The molecule has 6 heteroatoms. The highest BCUT2D eigenvalue weighted by Crippen LogP contribution is 2.36. The van der Waals surface area contributed by atoms with Crippen molar-refractivity contribution in [3.05, 3.63) is 29.3 Å². The second-order valence-corrected chi connectivity index (χ2v) is 5.34. The molecule has 1 aliphatic heterocycles. The zero-order valence-electron chi connectivity index (χ0n) is 12.3. The van der Waals surface area contributed by atoms with Crippen LogP contribution in [0.5, 0.6) is 5.75 Å². The summed E-state index contributed by atoms with van der Waals surface area (Å²) < 4.78 is 44.0. The van der Waals surface area contributed by atoms with Crippen molar-refractivity contribution in [1.29, 1.82) is 0 Å². The number of hydrogen-bond acceptors (Lipinski definition) is 3. The van der Waals surface area contributed by atoms with Gasteiger partial charge < -0.3 is 10.1 Å². The quantitative estimate of drug-likeness (QED) is 0.925. The molecule has 1 aromatic carbocycles. The molecule has 1 heterocycles. The van der Waals surface area contributed by atoms with E-state index < -0.39 is 18.6 Å². The van der Waals surface area contributed by atoms with Crippen LogP contribution < -0.4 is 10.1 Å². The molecule has 0 radical (unpaired) electrons. The van der Waals surface area contributed by atoms with Crippen LogP contribution in [-0.2, 0) is 0 Å². The topological polar surface area (TPSA) is 24.5 Å². The summed E-state index contributed by atoms with van der Waals surface area (Å²) in [5.74, 6) is 0.669. The number of hydrogen-bond donors (Lipinski definition) is 1. The normalized spacial score (nSPS) is 18.5. The fraction of sp³-hybridized carbons (Fsp3) is 0.600. The maximum Gasteiger partial charge on any atom is 0.390 e. The Labute approximate surface area is 123 Å². The highest BCUT2D eigenvalue weighted by molar-refractivity contribution is 5.37. The van der Waals surface area contributed by atoms with Crippen molar-refractivity contribution >= 4 is 0 Å². The molecule has 0 amide bonds. The van der Waals surface area contributed by atoms with E-state index in [0.717, 1.165) is 24.2 Å². The van der Waals surface area contributed by atoms with Crippen LogP contribution in [0.4, 0.5) is 13.2 Å². The molecule has 1 fully saturated rings. The second-order valence-electron chi connectivity index (χ2n) is 5.34. The van der Waals surface area contributed by atoms with Crippen LogP contribution in [0.1, 0.15) is 23.6 Å². The Morgan fingerprint density at radius 1 is 1.29 bits per heavy atom. The Kier molecular flexibility index (Phi) is 5.11. The molecular weight excluding hydrogens is 281 g/mol. The monoisotopic (exact) mass is 302 g/mol. The summed E-state index contributed by atoms with van der Waals surface area (Å²) >= 11 is 0. The maximum atomic E-state index is 13.0. The van der Waals surface area contributed by atoms with Gasteiger partial charge >= 0.3 is 6.18 Å². The molecular formula is C15H21F3N2O. The number of benzene rings is 1. The molecule has 0 bridgehead atoms. The third kappa shape index (κ3) is 4.35. The molecule has 1 saturated heterocycles. The van der Waals surface area contributed by atoms with Gasteiger partial charge in [-0.2, -0.15) is 13.2 Å². The first-order chi connectivity index (χ1) is 9.90. The van der Waals surface area contributed by atoms with E-state index in [0.29, 0.717) is 18.8 Å². The number of aryl methyl sites for hydroxylation is 1. The minimum Gasteiger partial charge on any atom is -0.497 e. The highest BCUT2D eigenvalue weighted by Gasteiger charge is 2.36. The average molecular weight is 302 g/mol. The number of nitrogens with zero attached hydrogens (tertiary/aromatic N) is 1. The molecule has 0 unspecified atom stereocenters. The first-order valence-corrected chi connectivity index (χ1v) is 7.07. The lowest BCUT2D eigenvalue weighted by Crippen LogP contribution is -2.46. The van der Waals surface area contributed by atoms with E-state index in [1.54, 1.807) is 25.3 Å². The molecule has 0 saturated carbocycles. The molecule has 118 valence electrons. The zero-order chi connectivity index (χ0) is 15.5. The second kappa shape index (κ2) is 6.66.